The van der Waals surface area contributed by atoms with Crippen LogP contribution < -0.4 is 0 Å². The zero-order chi connectivity index (χ0) is 24.3. The normalized spacial score (nSPS) is 16.2. The first-order chi connectivity index (χ1) is 16.2. The van der Waals surface area contributed by atoms with Crippen molar-refractivity contribution >= 4 is 29.1 Å². The van der Waals surface area contributed by atoms with Crippen molar-refractivity contribution in [3.8, 4) is 10.6 Å². The van der Waals surface area contributed by atoms with Gasteiger partial charge in [0.1, 0.15) is 5.01 Å². The van der Waals surface area contributed by atoms with Crippen molar-refractivity contribution in [3.05, 3.63) is 69.7 Å². The largest absolute Gasteiger partial charge is 0.481 e. The standard InChI is InChI=1S/C26H26F3NO2S2/c1-16-14-21(12-8-17(16)9-13-23(31)32)33-15-19-4-2-3-5-22-24(19)30-25(34-22)18-6-10-20(11-7-18)26(27,28)29/h6-8,10-12,14,19H,2-5,9,13,15H2,1H3,(H,31,32). The molecule has 0 spiro atoms. The Hall–Kier alpha value is -2.32. The van der Waals surface area contributed by atoms with Crippen LogP contribution in [0.3, 0.4) is 0 Å². The van der Waals surface area contributed by atoms with Gasteiger partial charge in [-0.05, 0) is 68.0 Å². The first-order valence-electron chi connectivity index (χ1n) is 11.3. The highest BCUT2D eigenvalue weighted by molar-refractivity contribution is 7.99. The third-order valence-corrected chi connectivity index (χ3v) is 8.49. The summed E-state index contributed by atoms with van der Waals surface area (Å²) >= 11 is 3.38. The Labute approximate surface area is 205 Å². The van der Waals surface area contributed by atoms with E-state index in [2.05, 4.69) is 12.1 Å². The van der Waals surface area contributed by atoms with Crippen molar-refractivity contribution in [2.75, 3.05) is 5.75 Å². The Bertz CT molecular complexity index is 1160. The smallest absolute Gasteiger partial charge is 0.416 e. The molecule has 0 radical (unpaired) electrons. The lowest BCUT2D eigenvalue weighted by atomic mass is 10.0. The van der Waals surface area contributed by atoms with Crippen molar-refractivity contribution in [2.24, 2.45) is 0 Å². The van der Waals surface area contributed by atoms with E-state index in [0.29, 0.717) is 12.3 Å². The van der Waals surface area contributed by atoms with Gasteiger partial charge in [0.25, 0.3) is 0 Å². The maximum atomic E-state index is 12.9. The molecule has 2 aromatic carbocycles. The van der Waals surface area contributed by atoms with Crippen molar-refractivity contribution in [2.45, 2.75) is 62.4 Å². The number of aryl methyl sites for hydroxylation is 3. The monoisotopic (exact) mass is 505 g/mol. The number of benzene rings is 2. The lowest BCUT2D eigenvalue weighted by Gasteiger charge is -2.14. The first kappa shape index (κ1) is 24.8. The Morgan fingerprint density at radius 3 is 2.62 bits per heavy atom. The van der Waals surface area contributed by atoms with E-state index in [1.54, 1.807) is 23.1 Å². The van der Waals surface area contributed by atoms with Crippen molar-refractivity contribution in [3.63, 3.8) is 0 Å². The van der Waals surface area contributed by atoms with Crippen LogP contribution in [-0.4, -0.2) is 21.8 Å². The number of aliphatic carboxylic acids is 1. The number of alkyl halides is 3. The van der Waals surface area contributed by atoms with Crippen LogP contribution in [0, 0.1) is 6.92 Å². The average molecular weight is 506 g/mol. The zero-order valence-corrected chi connectivity index (χ0v) is 20.5. The van der Waals surface area contributed by atoms with Crippen molar-refractivity contribution < 1.29 is 23.1 Å². The Morgan fingerprint density at radius 1 is 1.18 bits per heavy atom. The van der Waals surface area contributed by atoms with Gasteiger partial charge in [0, 0.05) is 33.4 Å². The highest BCUT2D eigenvalue weighted by Gasteiger charge is 2.30. The number of fused-ring (bicyclic) bond motifs is 1. The highest BCUT2D eigenvalue weighted by Crippen LogP contribution is 2.40. The molecule has 1 atom stereocenters. The highest BCUT2D eigenvalue weighted by atomic mass is 32.2. The summed E-state index contributed by atoms with van der Waals surface area (Å²) in [6, 6.07) is 11.5. The summed E-state index contributed by atoms with van der Waals surface area (Å²) in [6.07, 6.45) is 0.565. The summed E-state index contributed by atoms with van der Waals surface area (Å²) in [4.78, 5) is 18.2. The van der Waals surface area contributed by atoms with Gasteiger partial charge in [-0.1, -0.05) is 24.6 Å². The number of hydrogen-bond donors (Lipinski definition) is 1. The second kappa shape index (κ2) is 10.5. The summed E-state index contributed by atoms with van der Waals surface area (Å²) in [7, 11) is 0. The minimum atomic E-state index is -4.34. The molecule has 1 aromatic heterocycles. The quantitative estimate of drug-likeness (QED) is 0.263. The number of carboxylic acid groups (broad SMARTS) is 1. The van der Waals surface area contributed by atoms with Crippen molar-refractivity contribution in [1.82, 2.24) is 4.98 Å². The van der Waals surface area contributed by atoms with E-state index in [4.69, 9.17) is 10.1 Å². The number of carbonyl (C=O) groups is 1. The van der Waals surface area contributed by atoms with Crippen LogP contribution in [0.15, 0.2) is 47.4 Å². The minimum Gasteiger partial charge on any atom is -0.481 e. The molecule has 8 heteroatoms. The number of hydrogen-bond acceptors (Lipinski definition) is 4. The molecular weight excluding hydrogens is 479 g/mol. The zero-order valence-electron chi connectivity index (χ0n) is 18.8. The van der Waals surface area contributed by atoms with Gasteiger partial charge in [-0.15, -0.1) is 23.1 Å². The first-order valence-corrected chi connectivity index (χ1v) is 13.1. The average Bonchev–Trinajstić information content (AvgIpc) is 3.12. The van der Waals surface area contributed by atoms with Gasteiger partial charge >= 0.3 is 12.1 Å². The summed E-state index contributed by atoms with van der Waals surface area (Å²) < 4.78 is 38.7. The lowest BCUT2D eigenvalue weighted by Crippen LogP contribution is -2.04. The van der Waals surface area contributed by atoms with Gasteiger partial charge in [0.15, 0.2) is 0 Å². The van der Waals surface area contributed by atoms with E-state index in [9.17, 15) is 18.0 Å². The predicted molar refractivity (Wildman–Crippen MR) is 131 cm³/mol. The fourth-order valence-electron chi connectivity index (χ4n) is 4.24. The number of nitrogens with zero attached hydrogens (tertiary/aromatic N) is 1. The molecule has 1 aliphatic carbocycles. The summed E-state index contributed by atoms with van der Waals surface area (Å²) in [5, 5.41) is 9.70. The fourth-order valence-corrected chi connectivity index (χ4v) is 6.58. The van der Waals surface area contributed by atoms with Crippen LogP contribution in [-0.2, 0) is 23.8 Å². The fraction of sp³-hybridized carbons (Fsp3) is 0.385. The topological polar surface area (TPSA) is 50.2 Å². The minimum absolute atomic E-state index is 0.128. The molecule has 180 valence electrons. The molecule has 0 saturated heterocycles. The number of carboxylic acids is 1. The van der Waals surface area contributed by atoms with Crippen LogP contribution in [0.5, 0.6) is 0 Å². The van der Waals surface area contributed by atoms with Gasteiger partial charge in [-0.3, -0.25) is 4.79 Å². The molecule has 34 heavy (non-hydrogen) atoms. The number of aromatic nitrogens is 1. The van der Waals surface area contributed by atoms with Crippen LogP contribution in [0.4, 0.5) is 13.2 Å². The van der Waals surface area contributed by atoms with E-state index >= 15 is 0 Å². The Kier molecular flexibility index (Phi) is 7.67. The maximum absolute atomic E-state index is 12.9. The van der Waals surface area contributed by atoms with E-state index in [-0.39, 0.29) is 6.42 Å². The van der Waals surface area contributed by atoms with Crippen LogP contribution in [0.1, 0.15) is 58.9 Å². The van der Waals surface area contributed by atoms with Gasteiger partial charge in [-0.25, -0.2) is 4.98 Å². The second-order valence-electron chi connectivity index (χ2n) is 8.64. The van der Waals surface area contributed by atoms with E-state index < -0.39 is 17.7 Å². The molecule has 0 bridgehead atoms. The number of halogens is 3. The summed E-state index contributed by atoms with van der Waals surface area (Å²) in [5.74, 6) is 0.395. The van der Waals surface area contributed by atoms with Crippen molar-refractivity contribution in [1.29, 1.82) is 0 Å². The van der Waals surface area contributed by atoms with E-state index in [0.717, 1.165) is 75.9 Å². The van der Waals surface area contributed by atoms with Gasteiger partial charge in [0.2, 0.25) is 0 Å². The van der Waals surface area contributed by atoms with E-state index in [1.807, 2.05) is 13.0 Å². The molecule has 1 aliphatic rings. The van der Waals surface area contributed by atoms with Crippen LogP contribution in [0.2, 0.25) is 0 Å². The number of rotatable bonds is 7. The SMILES string of the molecule is Cc1cc(SCC2CCCCc3sc(-c4ccc(C(F)(F)F)cc4)nc32)ccc1CCC(=O)O. The number of thioether (sulfide) groups is 1. The molecule has 1 heterocycles. The van der Waals surface area contributed by atoms with Gasteiger partial charge in [0.05, 0.1) is 11.3 Å². The molecule has 3 nitrogen and oxygen atoms in total. The third-order valence-electron chi connectivity index (χ3n) is 6.15. The van der Waals surface area contributed by atoms with Crippen LogP contribution >= 0.6 is 23.1 Å². The lowest BCUT2D eigenvalue weighted by molar-refractivity contribution is -0.138. The summed E-state index contributed by atoms with van der Waals surface area (Å²) in [6.45, 7) is 2.02. The molecular formula is C26H26F3NO2S2. The second-order valence-corrected chi connectivity index (χ2v) is 10.8. The maximum Gasteiger partial charge on any atom is 0.416 e. The molecule has 0 amide bonds. The Morgan fingerprint density at radius 2 is 1.94 bits per heavy atom. The Balaban J connectivity index is 1.48. The third kappa shape index (κ3) is 6.02. The predicted octanol–water partition coefficient (Wildman–Crippen LogP) is 7.76. The van der Waals surface area contributed by atoms with E-state index in [1.165, 1.54) is 17.0 Å². The summed E-state index contributed by atoms with van der Waals surface area (Å²) in [5.41, 5.74) is 3.34. The molecule has 1 unspecified atom stereocenters. The molecule has 0 fully saturated rings. The number of thiazole rings is 1. The van der Waals surface area contributed by atoms with Gasteiger partial charge in [-0.2, -0.15) is 13.2 Å². The molecule has 4 rings (SSSR count). The van der Waals surface area contributed by atoms with Gasteiger partial charge < -0.3 is 5.11 Å². The molecule has 0 aliphatic heterocycles. The molecule has 3 aromatic rings. The van der Waals surface area contributed by atoms with Crippen LogP contribution in [0.25, 0.3) is 10.6 Å². The molecule has 1 N–H and O–H groups in total. The molecule has 0 saturated carbocycles.